The van der Waals surface area contributed by atoms with Gasteiger partial charge in [-0.2, -0.15) is 5.10 Å². The fraction of sp³-hybridized carbons (Fsp3) is 0.619. The average Bonchev–Trinajstić information content (AvgIpc) is 3.32. The summed E-state index contributed by atoms with van der Waals surface area (Å²) in [5.41, 5.74) is 5.59. The Hall–Kier alpha value is -2.28. The van der Waals surface area contributed by atoms with Gasteiger partial charge in [-0.3, -0.25) is 9.48 Å². The molecule has 0 bridgehead atoms. The van der Waals surface area contributed by atoms with Gasteiger partial charge < -0.3 is 10.2 Å². The maximum absolute atomic E-state index is 12.9. The topological polar surface area (TPSA) is 75.9 Å². The van der Waals surface area contributed by atoms with Crippen molar-refractivity contribution in [2.45, 2.75) is 65.5 Å². The van der Waals surface area contributed by atoms with E-state index in [0.717, 1.165) is 60.9 Å². The summed E-state index contributed by atoms with van der Waals surface area (Å²) in [6, 6.07) is 0.0507. The first-order chi connectivity index (χ1) is 13.4. The molecule has 0 spiro atoms. The fourth-order valence-corrected chi connectivity index (χ4v) is 4.26. The molecule has 0 saturated carbocycles. The number of nitrogens with zero attached hydrogens (tertiary/aromatic N) is 5. The Kier molecular flexibility index (Phi) is 5.19. The van der Waals surface area contributed by atoms with Gasteiger partial charge in [0.25, 0.3) is 0 Å². The maximum atomic E-state index is 12.9. The van der Waals surface area contributed by atoms with Crippen molar-refractivity contribution in [1.82, 2.24) is 30.0 Å². The van der Waals surface area contributed by atoms with Crippen LogP contribution in [0.25, 0.3) is 0 Å². The third kappa shape index (κ3) is 3.55. The Bertz CT molecular complexity index is 883. The predicted octanol–water partition coefficient (Wildman–Crippen LogP) is 2.21. The summed E-state index contributed by atoms with van der Waals surface area (Å²) in [6.07, 6.45) is 4.31. The smallest absolute Gasteiger partial charge is 0.225 e. The number of rotatable bonds is 4. The minimum absolute atomic E-state index is 0.0507. The van der Waals surface area contributed by atoms with E-state index in [9.17, 15) is 4.79 Å². The Morgan fingerprint density at radius 2 is 2.18 bits per heavy atom. The fourth-order valence-electron chi connectivity index (χ4n) is 4.26. The predicted molar refractivity (Wildman–Crippen MR) is 107 cm³/mol. The van der Waals surface area contributed by atoms with Crippen LogP contribution in [0.1, 0.15) is 65.8 Å². The molecular weight excluding hydrogens is 352 g/mol. The number of hydrogen-bond acceptors (Lipinski definition) is 5. The van der Waals surface area contributed by atoms with Crippen LogP contribution >= 0.6 is 0 Å². The van der Waals surface area contributed by atoms with Crippen molar-refractivity contribution in [2.24, 2.45) is 0 Å². The zero-order chi connectivity index (χ0) is 19.8. The minimum atomic E-state index is 0.0507. The van der Waals surface area contributed by atoms with E-state index in [1.54, 1.807) is 0 Å². The summed E-state index contributed by atoms with van der Waals surface area (Å²) in [4.78, 5) is 24.3. The summed E-state index contributed by atoms with van der Waals surface area (Å²) in [5, 5.41) is 7.99. The number of hydrogen-bond donors (Lipinski definition) is 1. The van der Waals surface area contributed by atoms with Gasteiger partial charge in [0.15, 0.2) is 0 Å². The van der Waals surface area contributed by atoms with Gasteiger partial charge in [0.05, 0.1) is 17.4 Å². The van der Waals surface area contributed by atoms with Crippen LogP contribution in [-0.4, -0.2) is 50.2 Å². The lowest BCUT2D eigenvalue weighted by atomic mass is 10.0. The summed E-state index contributed by atoms with van der Waals surface area (Å²) in [7, 11) is 0. The molecule has 150 valence electrons. The lowest BCUT2D eigenvalue weighted by Gasteiger charge is -2.29. The van der Waals surface area contributed by atoms with Gasteiger partial charge in [-0.05, 0) is 46.2 Å². The molecule has 0 aliphatic carbocycles. The number of carbonyl (C=O) groups is 1. The van der Waals surface area contributed by atoms with Crippen LogP contribution < -0.4 is 5.32 Å². The third-order valence-electron chi connectivity index (χ3n) is 6.31. The van der Waals surface area contributed by atoms with Crippen molar-refractivity contribution in [3.05, 3.63) is 40.2 Å². The Labute approximate surface area is 166 Å². The van der Waals surface area contributed by atoms with E-state index in [2.05, 4.69) is 36.2 Å². The second-order valence-electron chi connectivity index (χ2n) is 8.25. The van der Waals surface area contributed by atoms with Crippen LogP contribution in [0.3, 0.4) is 0 Å². The minimum Gasteiger partial charge on any atom is -0.338 e. The van der Waals surface area contributed by atoms with Crippen molar-refractivity contribution in [1.29, 1.82) is 0 Å². The highest BCUT2D eigenvalue weighted by Gasteiger charge is 2.26. The number of fused-ring (bicyclic) bond motifs is 1. The van der Waals surface area contributed by atoms with E-state index in [0.29, 0.717) is 18.9 Å². The Balaban J connectivity index is 1.42. The number of aryl methyl sites for hydroxylation is 1. The van der Waals surface area contributed by atoms with Crippen molar-refractivity contribution in [3.8, 4) is 0 Å². The first-order valence-corrected chi connectivity index (χ1v) is 10.3. The highest BCUT2D eigenvalue weighted by Crippen LogP contribution is 2.24. The second-order valence-corrected chi connectivity index (χ2v) is 8.25. The van der Waals surface area contributed by atoms with Crippen LogP contribution in [0.4, 0.5) is 0 Å². The highest BCUT2D eigenvalue weighted by molar-refractivity contribution is 5.77. The molecule has 1 fully saturated rings. The molecule has 4 rings (SSSR count). The van der Waals surface area contributed by atoms with E-state index in [-0.39, 0.29) is 11.9 Å². The lowest BCUT2D eigenvalue weighted by molar-refractivity contribution is -0.133. The molecule has 1 saturated heterocycles. The zero-order valence-corrected chi connectivity index (χ0v) is 17.3. The zero-order valence-electron chi connectivity index (χ0n) is 17.3. The standard InChI is InChI=1S/C21H30N6O/c1-13(27-16(4)14(2)15(3)25-27)9-20(28)26-8-6-19-18(12-26)11-23-21(24-19)17-5-7-22-10-17/h11,13,17,22H,5-10,12H2,1-4H3/t13-,17+/m1/s1. The summed E-state index contributed by atoms with van der Waals surface area (Å²) < 4.78 is 1.99. The lowest BCUT2D eigenvalue weighted by Crippen LogP contribution is -2.37. The van der Waals surface area contributed by atoms with Crippen molar-refractivity contribution in [3.63, 3.8) is 0 Å². The van der Waals surface area contributed by atoms with Crippen LogP contribution in [0.2, 0.25) is 0 Å². The SMILES string of the molecule is Cc1nn([C@H](C)CC(=O)N2CCc3nc([C@H]4CCNC4)ncc3C2)c(C)c1C. The first-order valence-electron chi connectivity index (χ1n) is 10.3. The Morgan fingerprint density at radius 1 is 1.36 bits per heavy atom. The van der Waals surface area contributed by atoms with E-state index in [4.69, 9.17) is 4.98 Å². The average molecular weight is 383 g/mol. The molecule has 0 radical (unpaired) electrons. The molecule has 28 heavy (non-hydrogen) atoms. The number of nitrogens with one attached hydrogen (secondary N) is 1. The highest BCUT2D eigenvalue weighted by atomic mass is 16.2. The van der Waals surface area contributed by atoms with Gasteiger partial charge in [-0.15, -0.1) is 0 Å². The molecule has 4 heterocycles. The molecule has 1 amide bonds. The Morgan fingerprint density at radius 3 is 2.86 bits per heavy atom. The molecule has 2 aliphatic heterocycles. The van der Waals surface area contributed by atoms with Gasteiger partial charge in [0.1, 0.15) is 5.82 Å². The van der Waals surface area contributed by atoms with E-state index < -0.39 is 0 Å². The third-order valence-corrected chi connectivity index (χ3v) is 6.31. The van der Waals surface area contributed by atoms with Crippen LogP contribution in [0, 0.1) is 20.8 Å². The normalized spacial score (nSPS) is 20.3. The molecule has 2 aromatic rings. The van der Waals surface area contributed by atoms with Crippen molar-refractivity contribution < 1.29 is 4.79 Å². The number of carbonyl (C=O) groups excluding carboxylic acids is 1. The van der Waals surface area contributed by atoms with Gasteiger partial charge in [0.2, 0.25) is 5.91 Å². The second kappa shape index (κ2) is 7.62. The van der Waals surface area contributed by atoms with Crippen LogP contribution in [0.5, 0.6) is 0 Å². The molecule has 2 atom stereocenters. The van der Waals surface area contributed by atoms with Crippen LogP contribution in [0.15, 0.2) is 6.20 Å². The molecule has 0 unspecified atom stereocenters. The molecule has 2 aromatic heterocycles. The van der Waals surface area contributed by atoms with Gasteiger partial charge >= 0.3 is 0 Å². The first kappa shape index (κ1) is 19.1. The van der Waals surface area contributed by atoms with Gasteiger partial charge in [0, 0.05) is 55.8 Å². The monoisotopic (exact) mass is 382 g/mol. The largest absolute Gasteiger partial charge is 0.338 e. The van der Waals surface area contributed by atoms with Gasteiger partial charge in [-0.25, -0.2) is 9.97 Å². The molecule has 7 nitrogen and oxygen atoms in total. The molecular formula is C21H30N6O. The number of amides is 1. The van der Waals surface area contributed by atoms with E-state index >= 15 is 0 Å². The summed E-state index contributed by atoms with van der Waals surface area (Å²) >= 11 is 0. The van der Waals surface area contributed by atoms with E-state index in [1.165, 1.54) is 5.56 Å². The quantitative estimate of drug-likeness (QED) is 0.877. The summed E-state index contributed by atoms with van der Waals surface area (Å²) in [6.45, 7) is 11.6. The van der Waals surface area contributed by atoms with Crippen molar-refractivity contribution >= 4 is 5.91 Å². The van der Waals surface area contributed by atoms with Crippen LogP contribution in [-0.2, 0) is 17.8 Å². The molecule has 7 heteroatoms. The maximum Gasteiger partial charge on any atom is 0.225 e. The number of aromatic nitrogens is 4. The van der Waals surface area contributed by atoms with Gasteiger partial charge in [-0.1, -0.05) is 0 Å². The molecule has 0 aromatic carbocycles. The molecule has 1 N–H and O–H groups in total. The molecule has 2 aliphatic rings. The van der Waals surface area contributed by atoms with Crippen molar-refractivity contribution in [2.75, 3.05) is 19.6 Å². The summed E-state index contributed by atoms with van der Waals surface area (Å²) in [5.74, 6) is 1.56. The van der Waals surface area contributed by atoms with E-state index in [1.807, 2.05) is 22.7 Å².